The first kappa shape index (κ1) is 10.4. The van der Waals surface area contributed by atoms with Crippen molar-refractivity contribution in [2.45, 2.75) is 32.2 Å². The number of nitrogens with one attached hydrogen (secondary N) is 1. The van der Waals surface area contributed by atoms with Crippen LogP contribution in [0.2, 0.25) is 0 Å². The van der Waals surface area contributed by atoms with Gasteiger partial charge in [0.15, 0.2) is 0 Å². The molecule has 1 aliphatic carbocycles. The van der Waals surface area contributed by atoms with Crippen LogP contribution < -0.4 is 11.1 Å². The highest BCUT2D eigenvalue weighted by Gasteiger charge is 2.38. The molecule has 1 heterocycles. The Kier molecular flexibility index (Phi) is 2.38. The number of hydrogen-bond acceptors (Lipinski definition) is 3. The highest BCUT2D eigenvalue weighted by molar-refractivity contribution is 7.80. The first-order valence-corrected chi connectivity index (χ1v) is 5.47. The van der Waals surface area contributed by atoms with Crippen molar-refractivity contribution in [3.8, 4) is 0 Å². The third-order valence-electron chi connectivity index (χ3n) is 2.72. The predicted octanol–water partition coefficient (Wildman–Crippen LogP) is 1.99. The number of thiocarbonyl (C=S) groups is 1. The van der Waals surface area contributed by atoms with Crippen molar-refractivity contribution in [1.29, 1.82) is 0 Å². The topological polar surface area (TPSA) is 50.9 Å². The van der Waals surface area contributed by atoms with Gasteiger partial charge in [-0.1, -0.05) is 12.2 Å². The van der Waals surface area contributed by atoms with Crippen LogP contribution in [-0.2, 0) is 0 Å². The van der Waals surface area contributed by atoms with Crippen molar-refractivity contribution in [3.05, 3.63) is 23.4 Å². The fraction of sp³-hybridized carbons (Fsp3) is 0.455. The average Bonchev–Trinajstić information content (AvgIpc) is 2.82. The van der Waals surface area contributed by atoms with Crippen molar-refractivity contribution in [2.24, 2.45) is 5.73 Å². The molecule has 0 aromatic carbocycles. The molecule has 0 saturated heterocycles. The van der Waals surface area contributed by atoms with Crippen molar-refractivity contribution < 1.29 is 0 Å². The molecule has 80 valence electrons. The number of nitrogens with two attached hydrogens (primary N) is 1. The van der Waals surface area contributed by atoms with Gasteiger partial charge in [-0.2, -0.15) is 0 Å². The lowest BCUT2D eigenvalue weighted by molar-refractivity contribution is 0.819. The maximum Gasteiger partial charge on any atom is 0.136 e. The lowest BCUT2D eigenvalue weighted by Gasteiger charge is -2.15. The van der Waals surface area contributed by atoms with E-state index in [1.54, 1.807) is 0 Å². The van der Waals surface area contributed by atoms with E-state index in [9.17, 15) is 0 Å². The van der Waals surface area contributed by atoms with E-state index >= 15 is 0 Å². The number of aromatic nitrogens is 1. The zero-order valence-corrected chi connectivity index (χ0v) is 9.82. The van der Waals surface area contributed by atoms with E-state index in [0.717, 1.165) is 17.1 Å². The fourth-order valence-corrected chi connectivity index (χ4v) is 1.61. The summed E-state index contributed by atoms with van der Waals surface area (Å²) < 4.78 is 0. The highest BCUT2D eigenvalue weighted by atomic mass is 32.1. The maximum absolute atomic E-state index is 5.66. The maximum atomic E-state index is 5.66. The number of hydrogen-bond donors (Lipinski definition) is 2. The number of anilines is 1. The largest absolute Gasteiger partial charge is 0.389 e. The summed E-state index contributed by atoms with van der Waals surface area (Å²) in [5.41, 5.74) is 7.66. The summed E-state index contributed by atoms with van der Waals surface area (Å²) in [5, 5.41) is 3.40. The van der Waals surface area contributed by atoms with Crippen LogP contribution in [0.5, 0.6) is 0 Å². The molecule has 1 aliphatic rings. The molecule has 0 bridgehead atoms. The molecule has 0 radical (unpaired) electrons. The van der Waals surface area contributed by atoms with Gasteiger partial charge in [0, 0.05) is 11.2 Å². The molecule has 0 atom stereocenters. The Labute approximate surface area is 95.1 Å². The average molecular weight is 221 g/mol. The smallest absolute Gasteiger partial charge is 0.136 e. The van der Waals surface area contributed by atoms with Crippen molar-refractivity contribution in [3.63, 3.8) is 0 Å². The molecule has 1 saturated carbocycles. The van der Waals surface area contributed by atoms with Crippen LogP contribution in [0.15, 0.2) is 12.1 Å². The number of nitrogens with zero attached hydrogens (tertiary/aromatic N) is 1. The molecule has 1 aromatic heterocycles. The molecule has 3 N–H and O–H groups in total. The van der Waals surface area contributed by atoms with Crippen LogP contribution in [0, 0.1) is 6.92 Å². The van der Waals surface area contributed by atoms with Crippen LogP contribution in [-0.4, -0.2) is 15.5 Å². The van der Waals surface area contributed by atoms with Gasteiger partial charge in [0.05, 0.1) is 5.56 Å². The van der Waals surface area contributed by atoms with Gasteiger partial charge in [0.1, 0.15) is 10.8 Å². The first-order valence-electron chi connectivity index (χ1n) is 5.06. The third-order valence-corrected chi connectivity index (χ3v) is 2.94. The Balaban J connectivity index is 2.34. The lowest BCUT2D eigenvalue weighted by Crippen LogP contribution is -2.21. The standard InChI is InChI=1S/C11H15N3S/c1-7-3-4-8(9(12)15)10(13-7)14-11(2)5-6-11/h3-4H,5-6H2,1-2H3,(H2,12,15)(H,13,14). The summed E-state index contributed by atoms with van der Waals surface area (Å²) in [7, 11) is 0. The van der Waals surface area contributed by atoms with E-state index in [0.29, 0.717) is 4.99 Å². The van der Waals surface area contributed by atoms with Crippen LogP contribution in [0.3, 0.4) is 0 Å². The minimum Gasteiger partial charge on any atom is -0.389 e. The molecule has 0 spiro atoms. The lowest BCUT2D eigenvalue weighted by atomic mass is 10.2. The number of pyridine rings is 1. The highest BCUT2D eigenvalue weighted by Crippen LogP contribution is 2.38. The monoisotopic (exact) mass is 221 g/mol. The van der Waals surface area contributed by atoms with Gasteiger partial charge in [0.2, 0.25) is 0 Å². The molecule has 2 rings (SSSR count). The second-order valence-corrected chi connectivity index (χ2v) is 4.84. The molecular formula is C11H15N3S. The van der Waals surface area contributed by atoms with Crippen molar-refractivity contribution >= 4 is 23.0 Å². The predicted molar refractivity (Wildman–Crippen MR) is 66.1 cm³/mol. The van der Waals surface area contributed by atoms with Gasteiger partial charge in [-0.3, -0.25) is 0 Å². The summed E-state index contributed by atoms with van der Waals surface area (Å²) in [4.78, 5) is 4.84. The molecule has 4 heteroatoms. The van der Waals surface area contributed by atoms with Gasteiger partial charge < -0.3 is 11.1 Å². The minimum atomic E-state index is 0.195. The van der Waals surface area contributed by atoms with Gasteiger partial charge in [-0.25, -0.2) is 4.98 Å². The van der Waals surface area contributed by atoms with E-state index in [4.69, 9.17) is 18.0 Å². The Bertz CT molecular complexity index is 410. The van der Waals surface area contributed by atoms with E-state index in [1.807, 2.05) is 19.1 Å². The molecule has 15 heavy (non-hydrogen) atoms. The Morgan fingerprint density at radius 3 is 2.73 bits per heavy atom. The van der Waals surface area contributed by atoms with Crippen LogP contribution in [0.25, 0.3) is 0 Å². The van der Waals surface area contributed by atoms with Crippen LogP contribution in [0.1, 0.15) is 31.0 Å². The summed E-state index contributed by atoms with van der Waals surface area (Å²) in [6.45, 7) is 4.14. The second kappa shape index (κ2) is 3.45. The third kappa shape index (κ3) is 2.26. The number of aryl methyl sites for hydroxylation is 1. The molecule has 0 unspecified atom stereocenters. The van der Waals surface area contributed by atoms with Crippen molar-refractivity contribution in [2.75, 3.05) is 5.32 Å². The Morgan fingerprint density at radius 1 is 1.53 bits per heavy atom. The second-order valence-electron chi connectivity index (χ2n) is 4.40. The zero-order valence-electron chi connectivity index (χ0n) is 9.00. The van der Waals surface area contributed by atoms with Gasteiger partial charge in [-0.15, -0.1) is 0 Å². The summed E-state index contributed by atoms with van der Waals surface area (Å²) >= 11 is 5.00. The van der Waals surface area contributed by atoms with Crippen LogP contribution in [0.4, 0.5) is 5.82 Å². The minimum absolute atomic E-state index is 0.195. The molecule has 0 aliphatic heterocycles. The van der Waals surface area contributed by atoms with Gasteiger partial charge in [0.25, 0.3) is 0 Å². The first-order chi connectivity index (χ1) is 7.00. The van der Waals surface area contributed by atoms with Gasteiger partial charge in [-0.05, 0) is 38.8 Å². The Hall–Kier alpha value is -1.16. The quantitative estimate of drug-likeness (QED) is 0.766. The normalized spacial score (nSPS) is 17.2. The molecule has 3 nitrogen and oxygen atoms in total. The Morgan fingerprint density at radius 2 is 2.20 bits per heavy atom. The summed E-state index contributed by atoms with van der Waals surface area (Å²) in [6.07, 6.45) is 2.36. The SMILES string of the molecule is Cc1ccc(C(N)=S)c(NC2(C)CC2)n1. The molecular weight excluding hydrogens is 206 g/mol. The summed E-state index contributed by atoms with van der Waals surface area (Å²) in [5.74, 6) is 0.822. The van der Waals surface area contributed by atoms with E-state index < -0.39 is 0 Å². The van der Waals surface area contributed by atoms with Crippen molar-refractivity contribution in [1.82, 2.24) is 4.98 Å². The number of rotatable bonds is 3. The van der Waals surface area contributed by atoms with Gasteiger partial charge >= 0.3 is 0 Å². The fourth-order valence-electron chi connectivity index (χ4n) is 1.45. The summed E-state index contributed by atoms with van der Waals surface area (Å²) in [6, 6.07) is 3.85. The van der Waals surface area contributed by atoms with Crippen LogP contribution >= 0.6 is 12.2 Å². The van der Waals surface area contributed by atoms with E-state index in [-0.39, 0.29) is 5.54 Å². The van der Waals surface area contributed by atoms with E-state index in [1.165, 1.54) is 12.8 Å². The molecule has 0 amide bonds. The zero-order chi connectivity index (χ0) is 11.1. The molecule has 1 fully saturated rings. The molecule has 1 aromatic rings. The van der Waals surface area contributed by atoms with E-state index in [2.05, 4.69) is 17.2 Å².